The van der Waals surface area contributed by atoms with E-state index >= 15 is 0 Å². The van der Waals surface area contributed by atoms with Gasteiger partial charge < -0.3 is 4.74 Å². The van der Waals surface area contributed by atoms with Gasteiger partial charge in [0.2, 0.25) is 5.91 Å². The first-order chi connectivity index (χ1) is 15.7. The molecule has 0 unspecified atom stereocenters. The lowest BCUT2D eigenvalue weighted by Gasteiger charge is -2.17. The van der Waals surface area contributed by atoms with Gasteiger partial charge in [-0.3, -0.25) is 45.3 Å². The van der Waals surface area contributed by atoms with Crippen molar-refractivity contribution in [2.45, 2.75) is 13.3 Å². The van der Waals surface area contributed by atoms with Gasteiger partial charge in [0.25, 0.3) is 17.7 Å². The Morgan fingerprint density at radius 1 is 0.970 bits per heavy atom. The maximum atomic E-state index is 12.3. The number of amides is 4. The second-order valence-corrected chi connectivity index (χ2v) is 7.77. The van der Waals surface area contributed by atoms with Crippen LogP contribution in [0.1, 0.15) is 32.7 Å². The van der Waals surface area contributed by atoms with Gasteiger partial charge in [0, 0.05) is 22.6 Å². The molecule has 4 amide bonds. The summed E-state index contributed by atoms with van der Waals surface area (Å²) in [5.41, 5.74) is 8.41. The zero-order valence-electron chi connectivity index (χ0n) is 17.6. The molecule has 3 N–H and O–H groups in total. The van der Waals surface area contributed by atoms with Gasteiger partial charge in [-0.25, -0.2) is 0 Å². The van der Waals surface area contributed by atoms with Gasteiger partial charge in [0.15, 0.2) is 6.61 Å². The van der Waals surface area contributed by atoms with Crippen molar-refractivity contribution in [3.8, 4) is 0 Å². The van der Waals surface area contributed by atoms with Crippen molar-refractivity contribution < 1.29 is 28.7 Å². The Hall–Kier alpha value is -3.92. The highest BCUT2D eigenvalue weighted by Gasteiger charge is 2.36. The van der Waals surface area contributed by atoms with Crippen LogP contribution in [-0.2, 0) is 19.1 Å². The molecule has 1 aliphatic rings. The molecule has 1 saturated heterocycles. The molecule has 1 atom stereocenters. The number of benzene rings is 2. The number of nitrogens with zero attached hydrogens (tertiary/aromatic N) is 1. The molecule has 3 rings (SSSR count). The highest BCUT2D eigenvalue weighted by molar-refractivity contribution is 6.30. The largest absolute Gasteiger partial charge is 0.455 e. The van der Waals surface area contributed by atoms with Gasteiger partial charge in [-0.1, -0.05) is 29.3 Å². The Bertz CT molecular complexity index is 1070. The van der Waals surface area contributed by atoms with Crippen LogP contribution < -0.4 is 16.3 Å². The average molecular weight is 473 g/mol. The van der Waals surface area contributed by atoms with Crippen molar-refractivity contribution in [2.75, 3.05) is 13.2 Å². The van der Waals surface area contributed by atoms with Gasteiger partial charge in [0.1, 0.15) is 0 Å². The highest BCUT2D eigenvalue weighted by atomic mass is 35.5. The minimum absolute atomic E-state index is 0.0792. The Balaban J connectivity index is 1.42. The third-order valence-electron chi connectivity index (χ3n) is 4.78. The summed E-state index contributed by atoms with van der Waals surface area (Å²) in [7, 11) is 0. The molecule has 172 valence electrons. The average Bonchev–Trinajstić information content (AvgIpc) is 3.16. The van der Waals surface area contributed by atoms with Crippen LogP contribution in [0.4, 0.5) is 0 Å². The van der Waals surface area contributed by atoms with Gasteiger partial charge in [-0.15, -0.1) is 0 Å². The third-order valence-corrected chi connectivity index (χ3v) is 5.03. The molecular formula is C22H21ClN4O6. The molecular weight excluding hydrogens is 452 g/mol. The molecule has 10 nitrogen and oxygen atoms in total. The summed E-state index contributed by atoms with van der Waals surface area (Å²) in [4.78, 5) is 60.4. The van der Waals surface area contributed by atoms with Gasteiger partial charge >= 0.3 is 5.97 Å². The van der Waals surface area contributed by atoms with Gasteiger partial charge in [-0.05, 0) is 43.3 Å². The summed E-state index contributed by atoms with van der Waals surface area (Å²) in [6, 6.07) is 12.8. The summed E-state index contributed by atoms with van der Waals surface area (Å²) in [5.74, 6) is -3.88. The van der Waals surface area contributed by atoms with Crippen LogP contribution in [0.15, 0.2) is 48.5 Å². The van der Waals surface area contributed by atoms with Crippen LogP contribution in [0.25, 0.3) is 0 Å². The quantitative estimate of drug-likeness (QED) is 0.426. The Morgan fingerprint density at radius 3 is 2.24 bits per heavy atom. The van der Waals surface area contributed by atoms with E-state index in [1.807, 2.05) is 6.92 Å². The fourth-order valence-corrected chi connectivity index (χ4v) is 3.08. The van der Waals surface area contributed by atoms with Crippen LogP contribution in [0.5, 0.6) is 0 Å². The Kier molecular flexibility index (Phi) is 7.62. The number of hydrogen-bond donors (Lipinski definition) is 3. The number of halogens is 1. The van der Waals surface area contributed by atoms with Crippen LogP contribution in [0, 0.1) is 12.8 Å². The van der Waals surface area contributed by atoms with E-state index in [1.54, 1.807) is 24.3 Å². The van der Waals surface area contributed by atoms with Gasteiger partial charge in [0.05, 0.1) is 12.5 Å². The summed E-state index contributed by atoms with van der Waals surface area (Å²) in [6.07, 6.45) is -0.165. The maximum absolute atomic E-state index is 12.3. The predicted octanol–water partition coefficient (Wildman–Crippen LogP) is 1.15. The van der Waals surface area contributed by atoms with Crippen molar-refractivity contribution in [2.24, 2.45) is 5.92 Å². The molecule has 1 fully saturated rings. The van der Waals surface area contributed by atoms with E-state index in [1.165, 1.54) is 24.3 Å². The minimum Gasteiger partial charge on any atom is -0.455 e. The van der Waals surface area contributed by atoms with Crippen molar-refractivity contribution in [3.63, 3.8) is 0 Å². The van der Waals surface area contributed by atoms with E-state index in [-0.39, 0.29) is 18.5 Å². The molecule has 1 aliphatic heterocycles. The lowest BCUT2D eigenvalue weighted by atomic mass is 10.1. The molecule has 0 bridgehead atoms. The number of nitrogens with one attached hydrogen (secondary N) is 3. The molecule has 0 saturated carbocycles. The number of rotatable bonds is 6. The summed E-state index contributed by atoms with van der Waals surface area (Å²) in [6.45, 7) is 1.15. The Labute approximate surface area is 194 Å². The number of carbonyl (C=O) groups excluding carboxylic acids is 5. The third kappa shape index (κ3) is 6.53. The fraction of sp³-hybridized carbons (Fsp3) is 0.227. The topological polar surface area (TPSA) is 134 Å². The van der Waals surface area contributed by atoms with Crippen LogP contribution in [0.2, 0.25) is 5.02 Å². The first-order valence-corrected chi connectivity index (χ1v) is 10.3. The van der Waals surface area contributed by atoms with Crippen LogP contribution in [-0.4, -0.2) is 47.8 Å². The van der Waals surface area contributed by atoms with E-state index in [9.17, 15) is 24.0 Å². The van der Waals surface area contributed by atoms with E-state index in [0.717, 1.165) is 10.6 Å². The highest BCUT2D eigenvalue weighted by Crippen LogP contribution is 2.18. The first-order valence-electron chi connectivity index (χ1n) is 9.92. The molecule has 33 heavy (non-hydrogen) atoms. The summed E-state index contributed by atoms with van der Waals surface area (Å²) >= 11 is 5.75. The van der Waals surface area contributed by atoms with Crippen LogP contribution in [0.3, 0.4) is 0 Å². The molecule has 0 radical (unpaired) electrons. The van der Waals surface area contributed by atoms with Crippen molar-refractivity contribution >= 4 is 41.2 Å². The van der Waals surface area contributed by atoms with E-state index in [2.05, 4.69) is 16.3 Å². The van der Waals surface area contributed by atoms with Crippen LogP contribution >= 0.6 is 11.6 Å². The van der Waals surface area contributed by atoms with Gasteiger partial charge in [-0.2, -0.15) is 0 Å². The van der Waals surface area contributed by atoms with E-state index < -0.39 is 42.1 Å². The standard InChI is InChI=1S/C22H21ClN4O6/c1-13-2-4-15(5-3-13)21(31)26-27-11-16(10-19(27)29)22(32)33-12-18(28)24-25-20(30)14-6-8-17(23)9-7-14/h2-9,16H,10-12H2,1H3,(H,24,28)(H,25,30)(H,26,31)/t16-/m0/s1. The lowest BCUT2D eigenvalue weighted by molar-refractivity contribution is -0.152. The Morgan fingerprint density at radius 2 is 1.58 bits per heavy atom. The van der Waals surface area contributed by atoms with Crippen molar-refractivity contribution in [3.05, 3.63) is 70.2 Å². The maximum Gasteiger partial charge on any atom is 0.311 e. The number of hydrazine groups is 2. The number of carbonyl (C=O) groups is 5. The molecule has 1 heterocycles. The number of hydrogen-bond acceptors (Lipinski definition) is 6. The molecule has 0 spiro atoms. The molecule has 2 aromatic carbocycles. The minimum atomic E-state index is -0.840. The second-order valence-electron chi connectivity index (χ2n) is 7.33. The molecule has 11 heteroatoms. The summed E-state index contributed by atoms with van der Waals surface area (Å²) < 4.78 is 4.93. The SMILES string of the molecule is Cc1ccc(C(=O)NN2C[C@@H](C(=O)OCC(=O)NNC(=O)c3ccc(Cl)cc3)CC2=O)cc1. The zero-order chi connectivity index (χ0) is 24.0. The predicted molar refractivity (Wildman–Crippen MR) is 116 cm³/mol. The van der Waals surface area contributed by atoms with Crippen molar-refractivity contribution in [1.29, 1.82) is 0 Å². The monoisotopic (exact) mass is 472 g/mol. The molecule has 2 aromatic rings. The smallest absolute Gasteiger partial charge is 0.311 e. The number of esters is 1. The van der Waals surface area contributed by atoms with E-state index in [4.69, 9.17) is 16.3 Å². The lowest BCUT2D eigenvalue weighted by Crippen LogP contribution is -2.44. The fourth-order valence-electron chi connectivity index (χ4n) is 2.96. The normalized spacial score (nSPS) is 15.0. The zero-order valence-corrected chi connectivity index (χ0v) is 18.3. The second kappa shape index (κ2) is 10.6. The molecule has 0 aliphatic carbocycles. The van der Waals surface area contributed by atoms with E-state index in [0.29, 0.717) is 10.6 Å². The number of ether oxygens (including phenoxy) is 1. The summed E-state index contributed by atoms with van der Waals surface area (Å²) in [5, 5.41) is 1.52. The van der Waals surface area contributed by atoms with Crippen molar-refractivity contribution in [1.82, 2.24) is 21.3 Å². The molecule has 0 aromatic heterocycles. The first kappa shape index (κ1) is 23.7. The number of aryl methyl sites for hydroxylation is 1.